The molecule has 3 N–H and O–H groups in total. The SMILES string of the molecule is Nc1ncc(-c2cccc(C(=O)NCCCN3CCOCC3)c2)cc1-c1nc2ccccc2s1. The summed E-state index contributed by atoms with van der Waals surface area (Å²) in [7, 11) is 0. The van der Waals surface area contributed by atoms with E-state index in [1.807, 2.05) is 54.6 Å². The molecule has 0 aliphatic carbocycles. The largest absolute Gasteiger partial charge is 0.383 e. The van der Waals surface area contributed by atoms with E-state index in [2.05, 4.69) is 15.2 Å². The molecule has 0 radical (unpaired) electrons. The smallest absolute Gasteiger partial charge is 0.251 e. The molecule has 1 saturated heterocycles. The number of thiazole rings is 1. The highest BCUT2D eigenvalue weighted by molar-refractivity contribution is 7.21. The molecule has 174 valence electrons. The van der Waals surface area contributed by atoms with E-state index in [0.29, 0.717) is 17.9 Å². The molecule has 0 bridgehead atoms. The average Bonchev–Trinajstić information content (AvgIpc) is 3.31. The monoisotopic (exact) mass is 473 g/mol. The number of fused-ring (bicyclic) bond motifs is 1. The van der Waals surface area contributed by atoms with Crippen molar-refractivity contribution in [2.45, 2.75) is 6.42 Å². The van der Waals surface area contributed by atoms with Gasteiger partial charge in [0.15, 0.2) is 0 Å². The van der Waals surface area contributed by atoms with Crippen LogP contribution >= 0.6 is 11.3 Å². The first kappa shape index (κ1) is 22.5. The Balaban J connectivity index is 1.29. The second-order valence-corrected chi connectivity index (χ2v) is 9.32. The summed E-state index contributed by atoms with van der Waals surface area (Å²) in [5.41, 5.74) is 10.4. The van der Waals surface area contributed by atoms with Gasteiger partial charge in [0.25, 0.3) is 5.91 Å². The predicted molar refractivity (Wildman–Crippen MR) is 137 cm³/mol. The Bertz CT molecular complexity index is 1270. The highest BCUT2D eigenvalue weighted by atomic mass is 32.1. The molecule has 2 aromatic heterocycles. The maximum absolute atomic E-state index is 12.7. The Morgan fingerprint density at radius 2 is 1.94 bits per heavy atom. The van der Waals surface area contributed by atoms with Crippen molar-refractivity contribution < 1.29 is 9.53 Å². The number of nitrogens with zero attached hydrogens (tertiary/aromatic N) is 3. The van der Waals surface area contributed by atoms with Gasteiger partial charge in [0.2, 0.25) is 0 Å². The molecule has 0 atom stereocenters. The van der Waals surface area contributed by atoms with Crippen LogP contribution in [0.15, 0.2) is 60.8 Å². The maximum atomic E-state index is 12.7. The van der Waals surface area contributed by atoms with Crippen molar-refractivity contribution >= 4 is 33.3 Å². The van der Waals surface area contributed by atoms with E-state index >= 15 is 0 Å². The van der Waals surface area contributed by atoms with Crippen LogP contribution in [0.25, 0.3) is 31.9 Å². The van der Waals surface area contributed by atoms with Gasteiger partial charge in [-0.25, -0.2) is 9.97 Å². The Labute approximate surface area is 202 Å². The third-order valence-electron chi connectivity index (χ3n) is 5.94. The fraction of sp³-hybridized carbons (Fsp3) is 0.269. The molecule has 1 amide bonds. The number of nitrogens with two attached hydrogens (primary N) is 1. The lowest BCUT2D eigenvalue weighted by Gasteiger charge is -2.26. The number of aromatic nitrogens is 2. The number of benzene rings is 2. The van der Waals surface area contributed by atoms with Crippen LogP contribution in [0.3, 0.4) is 0 Å². The number of hydrogen-bond donors (Lipinski definition) is 2. The zero-order valence-electron chi connectivity index (χ0n) is 18.9. The van der Waals surface area contributed by atoms with Gasteiger partial charge in [-0.2, -0.15) is 0 Å². The molecular formula is C26H27N5O2S. The molecule has 1 fully saturated rings. The first-order valence-corrected chi connectivity index (χ1v) is 12.3. The summed E-state index contributed by atoms with van der Waals surface area (Å²) in [5.74, 6) is 0.371. The van der Waals surface area contributed by atoms with Crippen LogP contribution in [0, 0.1) is 0 Å². The average molecular weight is 474 g/mol. The summed E-state index contributed by atoms with van der Waals surface area (Å²) >= 11 is 1.59. The Morgan fingerprint density at radius 3 is 2.79 bits per heavy atom. The van der Waals surface area contributed by atoms with E-state index in [1.165, 1.54) is 0 Å². The van der Waals surface area contributed by atoms with E-state index in [0.717, 1.165) is 71.2 Å². The summed E-state index contributed by atoms with van der Waals surface area (Å²) in [4.78, 5) is 24.2. The van der Waals surface area contributed by atoms with E-state index in [1.54, 1.807) is 17.5 Å². The van der Waals surface area contributed by atoms with Crippen molar-refractivity contribution in [2.75, 3.05) is 45.1 Å². The topological polar surface area (TPSA) is 93.4 Å². The van der Waals surface area contributed by atoms with E-state index in [-0.39, 0.29) is 5.91 Å². The van der Waals surface area contributed by atoms with E-state index in [4.69, 9.17) is 15.5 Å². The van der Waals surface area contributed by atoms with Crippen molar-refractivity contribution in [3.63, 3.8) is 0 Å². The second-order valence-electron chi connectivity index (χ2n) is 8.29. The number of amides is 1. The van der Waals surface area contributed by atoms with Crippen LogP contribution < -0.4 is 11.1 Å². The van der Waals surface area contributed by atoms with Gasteiger partial charge in [-0.15, -0.1) is 11.3 Å². The van der Waals surface area contributed by atoms with Crippen molar-refractivity contribution in [1.29, 1.82) is 0 Å². The number of ether oxygens (including phenoxy) is 1. The zero-order valence-corrected chi connectivity index (χ0v) is 19.7. The number of anilines is 1. The molecule has 3 heterocycles. The summed E-state index contributed by atoms with van der Waals surface area (Å²) in [5, 5.41) is 3.87. The standard InChI is InChI=1S/C26H27N5O2S/c27-24-21(26-30-22-7-1-2-8-23(22)34-26)16-20(17-29-24)18-5-3-6-19(15-18)25(32)28-9-4-10-31-11-13-33-14-12-31/h1-3,5-8,15-17H,4,9-14H2,(H2,27,29)(H,28,32). The Kier molecular flexibility index (Phi) is 6.80. The molecule has 1 aliphatic rings. The molecule has 8 heteroatoms. The van der Waals surface area contributed by atoms with Gasteiger partial charge in [0.05, 0.1) is 29.0 Å². The van der Waals surface area contributed by atoms with Crippen LogP contribution in [0.2, 0.25) is 0 Å². The van der Waals surface area contributed by atoms with Crippen molar-refractivity contribution in [3.8, 4) is 21.7 Å². The van der Waals surface area contributed by atoms with Gasteiger partial charge in [0, 0.05) is 37.0 Å². The summed E-state index contributed by atoms with van der Waals surface area (Å²) < 4.78 is 6.48. The van der Waals surface area contributed by atoms with Gasteiger partial charge < -0.3 is 15.8 Å². The number of hydrogen-bond acceptors (Lipinski definition) is 7. The minimum absolute atomic E-state index is 0.0707. The van der Waals surface area contributed by atoms with Crippen LogP contribution in [-0.2, 0) is 4.74 Å². The number of nitrogen functional groups attached to an aromatic ring is 1. The molecule has 4 aromatic rings. The Morgan fingerprint density at radius 1 is 1.09 bits per heavy atom. The van der Waals surface area contributed by atoms with Gasteiger partial charge in [-0.05, 0) is 48.9 Å². The Hall–Kier alpha value is -3.33. The summed E-state index contributed by atoms with van der Waals surface area (Å²) in [6, 6.07) is 17.6. The summed E-state index contributed by atoms with van der Waals surface area (Å²) in [6.45, 7) is 5.12. The predicted octanol–water partition coefficient (Wildman–Crippen LogP) is 4.06. The zero-order chi connectivity index (χ0) is 23.3. The molecule has 2 aromatic carbocycles. The molecule has 34 heavy (non-hydrogen) atoms. The van der Waals surface area contributed by atoms with Crippen LogP contribution in [0.1, 0.15) is 16.8 Å². The minimum atomic E-state index is -0.0707. The van der Waals surface area contributed by atoms with Crippen LogP contribution in [0.5, 0.6) is 0 Å². The number of para-hydroxylation sites is 1. The number of rotatable bonds is 7. The van der Waals surface area contributed by atoms with Crippen LogP contribution in [-0.4, -0.2) is 60.2 Å². The maximum Gasteiger partial charge on any atom is 0.251 e. The van der Waals surface area contributed by atoms with Crippen molar-refractivity contribution in [3.05, 3.63) is 66.4 Å². The minimum Gasteiger partial charge on any atom is -0.383 e. The van der Waals surface area contributed by atoms with Crippen molar-refractivity contribution in [2.24, 2.45) is 0 Å². The third-order valence-corrected chi connectivity index (χ3v) is 7.01. The fourth-order valence-corrected chi connectivity index (χ4v) is 5.05. The van der Waals surface area contributed by atoms with Crippen molar-refractivity contribution in [1.82, 2.24) is 20.2 Å². The third kappa shape index (κ3) is 5.09. The molecule has 0 spiro atoms. The van der Waals surface area contributed by atoms with Gasteiger partial charge in [-0.1, -0.05) is 24.3 Å². The van der Waals surface area contributed by atoms with Gasteiger partial charge in [0.1, 0.15) is 10.8 Å². The number of carbonyl (C=O) groups is 1. The summed E-state index contributed by atoms with van der Waals surface area (Å²) in [6.07, 6.45) is 2.66. The molecule has 7 nitrogen and oxygen atoms in total. The highest BCUT2D eigenvalue weighted by Crippen LogP contribution is 2.35. The van der Waals surface area contributed by atoms with Gasteiger partial charge in [-0.3, -0.25) is 9.69 Å². The lowest BCUT2D eigenvalue weighted by Crippen LogP contribution is -2.38. The lowest BCUT2D eigenvalue weighted by molar-refractivity contribution is 0.0374. The van der Waals surface area contributed by atoms with E-state index in [9.17, 15) is 4.79 Å². The highest BCUT2D eigenvalue weighted by Gasteiger charge is 2.14. The molecular weight excluding hydrogens is 446 g/mol. The number of morpholine rings is 1. The number of pyridine rings is 1. The first-order chi connectivity index (χ1) is 16.7. The fourth-order valence-electron chi connectivity index (χ4n) is 4.06. The molecule has 1 aliphatic heterocycles. The molecule has 0 saturated carbocycles. The first-order valence-electron chi connectivity index (χ1n) is 11.5. The normalized spacial score (nSPS) is 14.4. The molecule has 0 unspecified atom stereocenters. The lowest BCUT2D eigenvalue weighted by atomic mass is 10.0. The van der Waals surface area contributed by atoms with Gasteiger partial charge >= 0.3 is 0 Å². The van der Waals surface area contributed by atoms with Crippen LogP contribution in [0.4, 0.5) is 5.82 Å². The molecule has 5 rings (SSSR count). The number of nitrogens with one attached hydrogen (secondary N) is 1. The van der Waals surface area contributed by atoms with E-state index < -0.39 is 0 Å². The second kappa shape index (κ2) is 10.3. The number of carbonyl (C=O) groups excluding carboxylic acids is 1. The quantitative estimate of drug-likeness (QED) is 0.393.